The molecule has 0 amide bonds. The number of phenols is 2. The van der Waals surface area contributed by atoms with Crippen molar-refractivity contribution in [3.8, 4) is 17.2 Å². The van der Waals surface area contributed by atoms with E-state index in [9.17, 15) is 15.0 Å². The Morgan fingerprint density at radius 2 is 1.85 bits per heavy atom. The van der Waals surface area contributed by atoms with Gasteiger partial charge in [0.2, 0.25) is 0 Å². The van der Waals surface area contributed by atoms with Crippen molar-refractivity contribution in [2.45, 2.75) is 0 Å². The smallest absolute Gasteiger partial charge is 0.196 e. The van der Waals surface area contributed by atoms with Crippen LogP contribution in [0.15, 0.2) is 48.0 Å². The summed E-state index contributed by atoms with van der Waals surface area (Å²) in [6.45, 7) is 0.192. The molecule has 0 unspecified atom stereocenters. The van der Waals surface area contributed by atoms with Crippen molar-refractivity contribution in [2.24, 2.45) is 0 Å². The van der Waals surface area contributed by atoms with Gasteiger partial charge in [-0.15, -0.1) is 0 Å². The van der Waals surface area contributed by atoms with E-state index >= 15 is 0 Å². The number of ketones is 1. The first-order valence-electron chi connectivity index (χ1n) is 6.14. The van der Waals surface area contributed by atoms with Gasteiger partial charge in [-0.25, -0.2) is 0 Å². The summed E-state index contributed by atoms with van der Waals surface area (Å²) in [7, 11) is 0. The highest BCUT2D eigenvalue weighted by atomic mass is 16.5. The molecule has 100 valence electrons. The lowest BCUT2D eigenvalue weighted by Crippen LogP contribution is -2.18. The molecule has 0 saturated carbocycles. The van der Waals surface area contributed by atoms with E-state index in [-0.39, 0.29) is 23.9 Å². The molecule has 2 aromatic rings. The number of fused-ring (bicyclic) bond motifs is 1. The Morgan fingerprint density at radius 1 is 1.05 bits per heavy atom. The Bertz CT molecular complexity index is 716. The fraction of sp³-hybridized carbons (Fsp3) is 0.0625. The normalized spacial score (nSPS) is 15.8. The number of rotatable bonds is 1. The molecule has 1 heterocycles. The molecule has 0 saturated heterocycles. The first-order chi connectivity index (χ1) is 9.65. The SMILES string of the molecule is O=C1/C(=C/c2ccc(O)c(O)c2)COc2ccccc21. The zero-order chi connectivity index (χ0) is 14.1. The second-order valence-corrected chi connectivity index (χ2v) is 4.53. The van der Waals surface area contributed by atoms with Crippen molar-refractivity contribution in [2.75, 3.05) is 6.61 Å². The van der Waals surface area contributed by atoms with E-state index in [0.717, 1.165) is 0 Å². The lowest BCUT2D eigenvalue weighted by molar-refractivity contribution is 0.100. The van der Waals surface area contributed by atoms with Crippen LogP contribution in [0.25, 0.3) is 6.08 Å². The number of carbonyl (C=O) groups excluding carboxylic acids is 1. The molecule has 0 spiro atoms. The molecule has 20 heavy (non-hydrogen) atoms. The predicted molar refractivity (Wildman–Crippen MR) is 74.0 cm³/mol. The highest BCUT2D eigenvalue weighted by molar-refractivity contribution is 6.14. The Kier molecular flexibility index (Phi) is 2.91. The van der Waals surface area contributed by atoms with Gasteiger partial charge in [0.15, 0.2) is 17.3 Å². The van der Waals surface area contributed by atoms with Crippen molar-refractivity contribution in [1.82, 2.24) is 0 Å². The number of aromatic hydroxyl groups is 2. The van der Waals surface area contributed by atoms with Crippen LogP contribution in [0.3, 0.4) is 0 Å². The van der Waals surface area contributed by atoms with Crippen LogP contribution >= 0.6 is 0 Å². The molecule has 0 fully saturated rings. The van der Waals surface area contributed by atoms with Crippen LogP contribution in [0.2, 0.25) is 0 Å². The Labute approximate surface area is 115 Å². The minimum atomic E-state index is -0.219. The van der Waals surface area contributed by atoms with Gasteiger partial charge in [0.05, 0.1) is 5.56 Å². The second kappa shape index (κ2) is 4.74. The van der Waals surface area contributed by atoms with Gasteiger partial charge in [-0.3, -0.25) is 4.79 Å². The molecule has 1 aliphatic rings. The van der Waals surface area contributed by atoms with Gasteiger partial charge in [-0.2, -0.15) is 0 Å². The standard InChI is InChI=1S/C16H12O4/c17-13-6-5-10(8-14(13)18)7-11-9-20-15-4-2-1-3-12(15)16(11)19/h1-8,17-18H,9H2/b11-7+. The monoisotopic (exact) mass is 268 g/mol. The first-order valence-corrected chi connectivity index (χ1v) is 6.14. The van der Waals surface area contributed by atoms with Crippen molar-refractivity contribution in [3.05, 3.63) is 59.2 Å². The maximum absolute atomic E-state index is 12.3. The largest absolute Gasteiger partial charge is 0.504 e. The zero-order valence-corrected chi connectivity index (χ0v) is 10.5. The summed E-state index contributed by atoms with van der Waals surface area (Å²) in [6, 6.07) is 11.5. The molecule has 4 nitrogen and oxygen atoms in total. The fourth-order valence-electron chi connectivity index (χ4n) is 2.11. The van der Waals surface area contributed by atoms with Crippen molar-refractivity contribution in [3.63, 3.8) is 0 Å². The van der Waals surface area contributed by atoms with E-state index in [1.165, 1.54) is 12.1 Å². The summed E-state index contributed by atoms with van der Waals surface area (Å²) in [6.07, 6.45) is 1.65. The highest BCUT2D eigenvalue weighted by Gasteiger charge is 2.22. The lowest BCUT2D eigenvalue weighted by Gasteiger charge is -2.18. The minimum Gasteiger partial charge on any atom is -0.504 e. The summed E-state index contributed by atoms with van der Waals surface area (Å²) in [5.41, 5.74) is 1.67. The van der Waals surface area contributed by atoms with Gasteiger partial charge in [0.25, 0.3) is 0 Å². The van der Waals surface area contributed by atoms with Crippen LogP contribution in [0.1, 0.15) is 15.9 Å². The Morgan fingerprint density at radius 3 is 2.65 bits per heavy atom. The molecule has 2 N–H and O–H groups in total. The van der Waals surface area contributed by atoms with Crippen LogP contribution in [0.4, 0.5) is 0 Å². The van der Waals surface area contributed by atoms with E-state index in [1.807, 2.05) is 6.07 Å². The number of benzene rings is 2. The van der Waals surface area contributed by atoms with Gasteiger partial charge in [0.1, 0.15) is 12.4 Å². The van der Waals surface area contributed by atoms with Crippen molar-refractivity contribution in [1.29, 1.82) is 0 Å². The number of carbonyl (C=O) groups is 1. The molecule has 0 aliphatic carbocycles. The summed E-state index contributed by atoms with van der Waals surface area (Å²) < 4.78 is 5.53. The molecule has 0 atom stereocenters. The van der Waals surface area contributed by atoms with Gasteiger partial charge < -0.3 is 14.9 Å². The molecular formula is C16H12O4. The van der Waals surface area contributed by atoms with Gasteiger partial charge >= 0.3 is 0 Å². The van der Waals surface area contributed by atoms with Gasteiger partial charge in [-0.1, -0.05) is 18.2 Å². The number of para-hydroxylation sites is 1. The van der Waals surface area contributed by atoms with E-state index in [2.05, 4.69) is 0 Å². The quantitative estimate of drug-likeness (QED) is 0.616. The molecule has 0 radical (unpaired) electrons. The minimum absolute atomic E-state index is 0.0839. The predicted octanol–water partition coefficient (Wildman–Crippen LogP) is 2.76. The van der Waals surface area contributed by atoms with Crippen LogP contribution in [0.5, 0.6) is 17.2 Å². The molecule has 1 aliphatic heterocycles. The number of hydrogen-bond acceptors (Lipinski definition) is 4. The van der Waals surface area contributed by atoms with E-state index < -0.39 is 0 Å². The molecular weight excluding hydrogens is 256 g/mol. The maximum Gasteiger partial charge on any atom is 0.196 e. The third kappa shape index (κ3) is 2.12. The van der Waals surface area contributed by atoms with E-state index in [0.29, 0.717) is 22.4 Å². The maximum atomic E-state index is 12.3. The molecule has 0 bridgehead atoms. The zero-order valence-electron chi connectivity index (χ0n) is 10.5. The third-order valence-electron chi connectivity index (χ3n) is 3.15. The number of Topliss-reactive ketones (excluding diaryl/α,β-unsaturated/α-hetero) is 1. The fourth-order valence-corrected chi connectivity index (χ4v) is 2.11. The Balaban J connectivity index is 1.97. The van der Waals surface area contributed by atoms with E-state index in [4.69, 9.17) is 4.74 Å². The summed E-state index contributed by atoms with van der Waals surface area (Å²) >= 11 is 0. The summed E-state index contributed by atoms with van der Waals surface area (Å²) in [5, 5.41) is 18.7. The van der Waals surface area contributed by atoms with Crippen molar-refractivity contribution < 1.29 is 19.7 Å². The average Bonchev–Trinajstić information content (AvgIpc) is 2.46. The lowest BCUT2D eigenvalue weighted by atomic mass is 9.98. The van der Waals surface area contributed by atoms with Crippen molar-refractivity contribution >= 4 is 11.9 Å². The summed E-state index contributed by atoms with van der Waals surface area (Å²) in [4.78, 5) is 12.3. The van der Waals surface area contributed by atoms with Crippen LogP contribution in [-0.2, 0) is 0 Å². The van der Waals surface area contributed by atoms with Gasteiger partial charge in [0, 0.05) is 5.57 Å². The molecule has 3 rings (SSSR count). The number of ether oxygens (including phenoxy) is 1. The van der Waals surface area contributed by atoms with Gasteiger partial charge in [-0.05, 0) is 35.9 Å². The average molecular weight is 268 g/mol. The topological polar surface area (TPSA) is 66.8 Å². The molecule has 4 heteroatoms. The van der Waals surface area contributed by atoms with Crippen LogP contribution in [0, 0.1) is 0 Å². The van der Waals surface area contributed by atoms with Crippen LogP contribution in [-0.4, -0.2) is 22.6 Å². The second-order valence-electron chi connectivity index (χ2n) is 4.53. The van der Waals surface area contributed by atoms with Crippen LogP contribution < -0.4 is 4.74 Å². The van der Waals surface area contributed by atoms with E-state index in [1.54, 1.807) is 30.3 Å². The first kappa shape index (κ1) is 12.3. The summed E-state index contributed by atoms with van der Waals surface area (Å²) in [5.74, 6) is 0.0928. The number of hydrogen-bond donors (Lipinski definition) is 2. The molecule has 0 aromatic heterocycles. The molecule has 2 aromatic carbocycles. The third-order valence-corrected chi connectivity index (χ3v) is 3.15. The number of phenolic OH excluding ortho intramolecular Hbond substituents is 2. The highest BCUT2D eigenvalue weighted by Crippen LogP contribution is 2.29. The Hall–Kier alpha value is -2.75.